The minimum Gasteiger partial charge on any atom is -0.497 e. The highest BCUT2D eigenvalue weighted by Crippen LogP contribution is 2.33. The summed E-state index contributed by atoms with van der Waals surface area (Å²) in [5.41, 5.74) is 4.22. The van der Waals surface area contributed by atoms with Crippen molar-refractivity contribution in [1.29, 1.82) is 0 Å². The van der Waals surface area contributed by atoms with E-state index >= 15 is 0 Å². The van der Waals surface area contributed by atoms with Crippen molar-refractivity contribution in [2.75, 3.05) is 20.8 Å². The van der Waals surface area contributed by atoms with Crippen molar-refractivity contribution in [3.63, 3.8) is 0 Å². The molecule has 0 radical (unpaired) electrons. The molecule has 1 aromatic heterocycles. The first-order chi connectivity index (χ1) is 13.6. The van der Waals surface area contributed by atoms with Crippen molar-refractivity contribution in [1.82, 2.24) is 10.1 Å². The molecule has 2 aromatic carbocycles. The van der Waals surface area contributed by atoms with Crippen LogP contribution in [0.3, 0.4) is 0 Å². The lowest BCUT2D eigenvalue weighted by molar-refractivity contribution is 0.0725. The highest BCUT2D eigenvalue weighted by molar-refractivity contribution is 5.97. The minimum absolute atomic E-state index is 0.0553. The number of carbonyl (C=O) groups is 1. The Labute approximate surface area is 163 Å². The summed E-state index contributed by atoms with van der Waals surface area (Å²) < 4.78 is 16.3. The summed E-state index contributed by atoms with van der Waals surface area (Å²) in [7, 11) is 3.22. The summed E-state index contributed by atoms with van der Waals surface area (Å²) >= 11 is 0. The number of hydrogen-bond donors (Lipinski definition) is 0. The summed E-state index contributed by atoms with van der Waals surface area (Å²) in [6.07, 6.45) is 0.631. The standard InChI is InChI=1S/C22H22N2O4/c1-14-7-8-17(20(11-14)27-3)22(25)24-10-9-19-18(13-24)21(23-28-19)15-5-4-6-16(12-15)26-2/h4-8,11-12H,9-10,13H2,1-3H3. The average molecular weight is 378 g/mol. The molecule has 4 rings (SSSR count). The van der Waals surface area contributed by atoms with Gasteiger partial charge in [0.05, 0.1) is 26.3 Å². The maximum absolute atomic E-state index is 13.1. The van der Waals surface area contributed by atoms with Crippen LogP contribution in [0.4, 0.5) is 0 Å². The summed E-state index contributed by atoms with van der Waals surface area (Å²) in [6.45, 7) is 3.00. The quantitative estimate of drug-likeness (QED) is 0.690. The number of aryl methyl sites for hydroxylation is 1. The van der Waals surface area contributed by atoms with E-state index in [1.807, 2.05) is 54.3 Å². The van der Waals surface area contributed by atoms with Gasteiger partial charge < -0.3 is 18.9 Å². The molecule has 0 aliphatic carbocycles. The van der Waals surface area contributed by atoms with Crippen molar-refractivity contribution < 1.29 is 18.8 Å². The van der Waals surface area contributed by atoms with Gasteiger partial charge in [0.15, 0.2) is 0 Å². The number of amides is 1. The zero-order valence-corrected chi connectivity index (χ0v) is 16.2. The molecule has 0 fully saturated rings. The van der Waals surface area contributed by atoms with E-state index in [-0.39, 0.29) is 5.91 Å². The van der Waals surface area contributed by atoms with E-state index in [1.54, 1.807) is 14.2 Å². The second-order valence-electron chi connectivity index (χ2n) is 6.85. The van der Waals surface area contributed by atoms with Crippen LogP contribution in [0.5, 0.6) is 11.5 Å². The molecule has 0 saturated carbocycles. The molecule has 6 nitrogen and oxygen atoms in total. The van der Waals surface area contributed by atoms with Crippen molar-refractivity contribution in [3.8, 4) is 22.8 Å². The number of carbonyl (C=O) groups excluding carboxylic acids is 1. The lowest BCUT2D eigenvalue weighted by atomic mass is 10.0. The molecule has 144 valence electrons. The van der Waals surface area contributed by atoms with E-state index in [1.165, 1.54) is 0 Å². The predicted molar refractivity (Wildman–Crippen MR) is 105 cm³/mol. The second kappa shape index (κ2) is 7.38. The Morgan fingerprint density at radius 1 is 1.14 bits per heavy atom. The molecule has 0 unspecified atom stereocenters. The number of fused-ring (bicyclic) bond motifs is 1. The highest BCUT2D eigenvalue weighted by Gasteiger charge is 2.29. The van der Waals surface area contributed by atoms with Gasteiger partial charge in [0.2, 0.25) is 0 Å². The maximum Gasteiger partial charge on any atom is 0.257 e. The van der Waals surface area contributed by atoms with Gasteiger partial charge in [-0.15, -0.1) is 0 Å². The number of rotatable bonds is 4. The van der Waals surface area contributed by atoms with Crippen LogP contribution in [0.25, 0.3) is 11.3 Å². The third-order valence-electron chi connectivity index (χ3n) is 5.05. The topological polar surface area (TPSA) is 64.8 Å². The predicted octanol–water partition coefficient (Wildman–Crippen LogP) is 3.87. The Balaban J connectivity index is 1.65. The van der Waals surface area contributed by atoms with Crippen molar-refractivity contribution in [2.45, 2.75) is 19.9 Å². The van der Waals surface area contributed by atoms with E-state index in [0.29, 0.717) is 30.8 Å². The first-order valence-electron chi connectivity index (χ1n) is 9.16. The average Bonchev–Trinajstić information content (AvgIpc) is 3.16. The molecule has 0 atom stereocenters. The van der Waals surface area contributed by atoms with Crippen molar-refractivity contribution in [3.05, 3.63) is 64.9 Å². The summed E-state index contributed by atoms with van der Waals surface area (Å²) in [5.74, 6) is 2.12. The molecule has 0 saturated heterocycles. The smallest absolute Gasteiger partial charge is 0.257 e. The Morgan fingerprint density at radius 3 is 2.79 bits per heavy atom. The largest absolute Gasteiger partial charge is 0.497 e. The summed E-state index contributed by atoms with van der Waals surface area (Å²) in [6, 6.07) is 13.3. The van der Waals surface area contributed by atoms with Crippen LogP contribution in [0.15, 0.2) is 47.0 Å². The van der Waals surface area contributed by atoms with E-state index < -0.39 is 0 Å². The first kappa shape index (κ1) is 18.1. The first-order valence-corrected chi connectivity index (χ1v) is 9.16. The van der Waals surface area contributed by atoms with Crippen LogP contribution >= 0.6 is 0 Å². The number of aromatic nitrogens is 1. The van der Waals surface area contributed by atoms with Gasteiger partial charge in [-0.3, -0.25) is 4.79 Å². The molecule has 1 amide bonds. The van der Waals surface area contributed by atoms with E-state index in [2.05, 4.69) is 5.16 Å². The molecule has 2 heterocycles. The van der Waals surface area contributed by atoms with Gasteiger partial charge in [0.25, 0.3) is 5.91 Å². The minimum atomic E-state index is -0.0553. The second-order valence-corrected chi connectivity index (χ2v) is 6.85. The fourth-order valence-corrected chi connectivity index (χ4v) is 3.53. The number of methoxy groups -OCH3 is 2. The highest BCUT2D eigenvalue weighted by atomic mass is 16.5. The normalized spacial score (nSPS) is 13.2. The van der Waals surface area contributed by atoms with Crippen LogP contribution in [-0.2, 0) is 13.0 Å². The number of hydrogen-bond acceptors (Lipinski definition) is 5. The summed E-state index contributed by atoms with van der Waals surface area (Å²) in [5, 5.41) is 4.26. The van der Waals surface area contributed by atoms with Gasteiger partial charge in [0.1, 0.15) is 23.0 Å². The van der Waals surface area contributed by atoms with Crippen LogP contribution in [0.1, 0.15) is 27.2 Å². The molecular weight excluding hydrogens is 356 g/mol. The van der Waals surface area contributed by atoms with Crippen LogP contribution in [-0.4, -0.2) is 36.7 Å². The lowest BCUT2D eigenvalue weighted by Crippen LogP contribution is -2.35. The van der Waals surface area contributed by atoms with E-state index in [9.17, 15) is 4.79 Å². The fraction of sp³-hybridized carbons (Fsp3) is 0.273. The van der Waals surface area contributed by atoms with E-state index in [0.717, 1.165) is 33.9 Å². The van der Waals surface area contributed by atoms with Crippen LogP contribution in [0.2, 0.25) is 0 Å². The molecule has 0 spiro atoms. The molecule has 1 aliphatic rings. The third kappa shape index (κ3) is 3.22. The SMILES string of the molecule is COc1cccc(-c2noc3c2CN(C(=O)c2ccc(C)cc2OC)CC3)c1. The maximum atomic E-state index is 13.1. The van der Waals surface area contributed by atoms with Gasteiger partial charge >= 0.3 is 0 Å². The van der Waals surface area contributed by atoms with E-state index in [4.69, 9.17) is 14.0 Å². The molecule has 1 aliphatic heterocycles. The van der Waals surface area contributed by atoms with Gasteiger partial charge in [0, 0.05) is 24.1 Å². The van der Waals surface area contributed by atoms with Gasteiger partial charge in [-0.2, -0.15) is 0 Å². The molecular formula is C22H22N2O4. The fourth-order valence-electron chi connectivity index (χ4n) is 3.53. The zero-order valence-electron chi connectivity index (χ0n) is 16.2. The number of benzene rings is 2. The Bertz CT molecular complexity index is 1030. The lowest BCUT2D eigenvalue weighted by Gasteiger charge is -2.27. The Kier molecular flexibility index (Phi) is 4.77. The Hall–Kier alpha value is -3.28. The number of nitrogens with zero attached hydrogens (tertiary/aromatic N) is 2. The third-order valence-corrected chi connectivity index (χ3v) is 5.05. The van der Waals surface area contributed by atoms with Gasteiger partial charge in [-0.1, -0.05) is 23.4 Å². The van der Waals surface area contributed by atoms with Crippen LogP contribution in [0, 0.1) is 6.92 Å². The molecule has 0 bridgehead atoms. The van der Waals surface area contributed by atoms with Gasteiger partial charge in [-0.25, -0.2) is 0 Å². The Morgan fingerprint density at radius 2 is 2.00 bits per heavy atom. The molecule has 6 heteroatoms. The molecule has 0 N–H and O–H groups in total. The molecule has 28 heavy (non-hydrogen) atoms. The van der Waals surface area contributed by atoms with Crippen molar-refractivity contribution in [2.24, 2.45) is 0 Å². The number of ether oxygens (including phenoxy) is 2. The molecule has 3 aromatic rings. The monoisotopic (exact) mass is 378 g/mol. The summed E-state index contributed by atoms with van der Waals surface area (Å²) in [4.78, 5) is 15.0. The van der Waals surface area contributed by atoms with Crippen molar-refractivity contribution >= 4 is 5.91 Å². The zero-order chi connectivity index (χ0) is 19.7. The van der Waals surface area contributed by atoms with Gasteiger partial charge in [-0.05, 0) is 36.8 Å². The van der Waals surface area contributed by atoms with Crippen LogP contribution < -0.4 is 9.47 Å².